The van der Waals surface area contributed by atoms with Crippen LogP contribution in [0.4, 0.5) is 11.5 Å². The Kier molecular flexibility index (Phi) is 4.98. The van der Waals surface area contributed by atoms with Crippen molar-refractivity contribution >= 4 is 11.5 Å². The summed E-state index contributed by atoms with van der Waals surface area (Å²) in [7, 11) is 4.96. The lowest BCUT2D eigenvalue weighted by atomic mass is 10.1. The Hall–Kier alpha value is -3.16. The Bertz CT molecular complexity index is 987. The van der Waals surface area contributed by atoms with E-state index in [0.717, 1.165) is 16.7 Å². The molecule has 2 heterocycles. The monoisotopic (exact) mass is 370 g/mol. The third-order valence-corrected chi connectivity index (χ3v) is 4.90. The van der Waals surface area contributed by atoms with E-state index in [2.05, 4.69) is 52.9 Å². The van der Waals surface area contributed by atoms with Crippen LogP contribution in [0.25, 0.3) is 0 Å². The molecule has 1 atom stereocenters. The topological polar surface area (TPSA) is 97.3 Å². The number of nitrogens with two attached hydrogens (primary N) is 1. The lowest BCUT2D eigenvalue weighted by Gasteiger charge is -2.23. The van der Waals surface area contributed by atoms with E-state index < -0.39 is 11.2 Å². The van der Waals surface area contributed by atoms with E-state index in [1.165, 1.54) is 22.7 Å². The van der Waals surface area contributed by atoms with E-state index in [-0.39, 0.29) is 17.7 Å². The summed E-state index contributed by atoms with van der Waals surface area (Å²) in [5.41, 5.74) is 8.90. The number of aromatic nitrogens is 2. The standard InChI is InChI=1S/C19H26N6O2/c1-12-5-7-13(8-6-12)9-14-11-23(2)15(22-14)10-21-16-17(20)24(3)19(27)25(4)18(16)26/h5-8,11,15,21-22H,9-10,20H2,1-4H3. The zero-order chi connectivity index (χ0) is 19.7. The zero-order valence-electron chi connectivity index (χ0n) is 16.1. The maximum absolute atomic E-state index is 12.3. The number of benzene rings is 1. The molecule has 0 amide bonds. The van der Waals surface area contributed by atoms with Crippen molar-refractivity contribution in [2.24, 2.45) is 14.1 Å². The fourth-order valence-electron chi connectivity index (χ4n) is 3.13. The first kappa shape index (κ1) is 18.6. The summed E-state index contributed by atoms with van der Waals surface area (Å²) in [6.07, 6.45) is 2.85. The van der Waals surface area contributed by atoms with E-state index in [1.807, 2.05) is 7.05 Å². The molecule has 3 rings (SSSR count). The van der Waals surface area contributed by atoms with Gasteiger partial charge in [-0.05, 0) is 12.5 Å². The average molecular weight is 370 g/mol. The molecule has 27 heavy (non-hydrogen) atoms. The van der Waals surface area contributed by atoms with Gasteiger partial charge in [0.25, 0.3) is 5.56 Å². The highest BCUT2D eigenvalue weighted by Gasteiger charge is 2.22. The third-order valence-electron chi connectivity index (χ3n) is 4.90. The molecule has 1 unspecified atom stereocenters. The van der Waals surface area contributed by atoms with Crippen LogP contribution in [0.15, 0.2) is 45.8 Å². The molecule has 0 spiro atoms. The highest BCUT2D eigenvalue weighted by molar-refractivity contribution is 5.60. The van der Waals surface area contributed by atoms with Crippen molar-refractivity contribution in [2.75, 3.05) is 24.6 Å². The maximum atomic E-state index is 12.3. The molecule has 8 nitrogen and oxygen atoms in total. The van der Waals surface area contributed by atoms with Gasteiger partial charge in [0.05, 0.1) is 6.54 Å². The maximum Gasteiger partial charge on any atom is 0.332 e. The number of nitrogen functional groups attached to an aromatic ring is 1. The van der Waals surface area contributed by atoms with E-state index in [9.17, 15) is 9.59 Å². The van der Waals surface area contributed by atoms with Crippen LogP contribution in [-0.4, -0.2) is 33.8 Å². The van der Waals surface area contributed by atoms with Crippen molar-refractivity contribution in [1.29, 1.82) is 0 Å². The van der Waals surface area contributed by atoms with Gasteiger partial charge in [-0.2, -0.15) is 0 Å². The molecule has 0 fully saturated rings. The van der Waals surface area contributed by atoms with Crippen LogP contribution in [0.5, 0.6) is 0 Å². The van der Waals surface area contributed by atoms with Crippen molar-refractivity contribution in [1.82, 2.24) is 19.4 Å². The smallest absolute Gasteiger partial charge is 0.332 e. The SMILES string of the molecule is Cc1ccc(CC2=CN(C)C(CNc3c(N)n(C)c(=O)n(C)c3=O)N2)cc1. The number of aryl methyl sites for hydroxylation is 1. The third kappa shape index (κ3) is 3.69. The van der Waals surface area contributed by atoms with Gasteiger partial charge in [0, 0.05) is 39.5 Å². The lowest BCUT2D eigenvalue weighted by molar-refractivity contribution is 0.343. The van der Waals surface area contributed by atoms with Crippen LogP contribution in [0.2, 0.25) is 0 Å². The number of nitrogens with one attached hydrogen (secondary N) is 2. The van der Waals surface area contributed by atoms with Gasteiger partial charge >= 0.3 is 5.69 Å². The van der Waals surface area contributed by atoms with Crippen LogP contribution < -0.4 is 27.6 Å². The number of rotatable bonds is 5. The molecule has 0 saturated heterocycles. The molecule has 1 aliphatic rings. The van der Waals surface area contributed by atoms with Gasteiger partial charge in [0.1, 0.15) is 17.7 Å². The largest absolute Gasteiger partial charge is 0.383 e. The van der Waals surface area contributed by atoms with E-state index >= 15 is 0 Å². The fraction of sp³-hybridized carbons (Fsp3) is 0.368. The summed E-state index contributed by atoms with van der Waals surface area (Å²) >= 11 is 0. The van der Waals surface area contributed by atoms with Gasteiger partial charge in [-0.3, -0.25) is 13.9 Å². The lowest BCUT2D eigenvalue weighted by Crippen LogP contribution is -2.43. The number of nitrogens with zero attached hydrogens (tertiary/aromatic N) is 3. The molecule has 4 N–H and O–H groups in total. The number of hydrogen-bond acceptors (Lipinski definition) is 6. The summed E-state index contributed by atoms with van der Waals surface area (Å²) in [6, 6.07) is 8.45. The predicted octanol–water partition coefficient (Wildman–Crippen LogP) is 0.332. The Morgan fingerprint density at radius 3 is 2.44 bits per heavy atom. The minimum atomic E-state index is -0.443. The highest BCUT2D eigenvalue weighted by Crippen LogP contribution is 2.16. The first-order chi connectivity index (χ1) is 12.8. The quantitative estimate of drug-likeness (QED) is 0.702. The molecule has 144 valence electrons. The number of likely N-dealkylation sites (N-methyl/N-ethyl adjacent to an activating group) is 1. The van der Waals surface area contributed by atoms with Crippen LogP contribution in [-0.2, 0) is 20.5 Å². The van der Waals surface area contributed by atoms with E-state index in [1.54, 1.807) is 7.05 Å². The fourth-order valence-corrected chi connectivity index (χ4v) is 3.13. The second kappa shape index (κ2) is 7.22. The van der Waals surface area contributed by atoms with Crippen LogP contribution in [0.3, 0.4) is 0 Å². The Morgan fingerprint density at radius 1 is 1.11 bits per heavy atom. The number of hydrogen-bond donors (Lipinski definition) is 3. The number of allylic oxidation sites excluding steroid dienone is 1. The number of anilines is 2. The van der Waals surface area contributed by atoms with Crippen molar-refractivity contribution in [3.63, 3.8) is 0 Å². The first-order valence-corrected chi connectivity index (χ1v) is 8.82. The minimum absolute atomic E-state index is 0.0215. The second-order valence-electron chi connectivity index (χ2n) is 6.99. The summed E-state index contributed by atoms with van der Waals surface area (Å²) in [6.45, 7) is 2.53. The van der Waals surface area contributed by atoms with Gasteiger partial charge < -0.3 is 21.3 Å². The normalized spacial score (nSPS) is 16.2. The molecular weight excluding hydrogens is 344 g/mol. The van der Waals surface area contributed by atoms with Crippen LogP contribution >= 0.6 is 0 Å². The van der Waals surface area contributed by atoms with Crippen molar-refractivity contribution in [3.8, 4) is 0 Å². The van der Waals surface area contributed by atoms with Gasteiger partial charge in [0.2, 0.25) is 0 Å². The first-order valence-electron chi connectivity index (χ1n) is 8.82. The predicted molar refractivity (Wildman–Crippen MR) is 107 cm³/mol. The molecule has 2 aromatic rings. The molecule has 0 bridgehead atoms. The second-order valence-corrected chi connectivity index (χ2v) is 6.99. The van der Waals surface area contributed by atoms with Crippen molar-refractivity contribution in [2.45, 2.75) is 19.5 Å². The molecule has 1 aliphatic heterocycles. The Labute approximate surface area is 157 Å². The average Bonchev–Trinajstić information content (AvgIpc) is 2.99. The summed E-state index contributed by atoms with van der Waals surface area (Å²) in [5, 5.41) is 6.56. The molecule has 0 radical (unpaired) electrons. The van der Waals surface area contributed by atoms with Crippen LogP contribution in [0.1, 0.15) is 11.1 Å². The van der Waals surface area contributed by atoms with E-state index in [4.69, 9.17) is 5.73 Å². The minimum Gasteiger partial charge on any atom is -0.383 e. The van der Waals surface area contributed by atoms with Gasteiger partial charge in [0.15, 0.2) is 0 Å². The zero-order valence-corrected chi connectivity index (χ0v) is 16.1. The molecule has 8 heteroatoms. The van der Waals surface area contributed by atoms with Gasteiger partial charge in [-0.1, -0.05) is 29.8 Å². The molecule has 0 saturated carbocycles. The molecule has 1 aromatic heterocycles. The Balaban J connectivity index is 1.68. The highest BCUT2D eigenvalue weighted by atomic mass is 16.2. The van der Waals surface area contributed by atoms with Crippen LogP contribution in [0, 0.1) is 6.92 Å². The molecular formula is C19H26N6O2. The molecule has 1 aromatic carbocycles. The van der Waals surface area contributed by atoms with Crippen molar-refractivity contribution < 1.29 is 0 Å². The Morgan fingerprint density at radius 2 is 1.78 bits per heavy atom. The summed E-state index contributed by atoms with van der Waals surface area (Å²) in [5.74, 6) is 0.136. The van der Waals surface area contributed by atoms with E-state index in [0.29, 0.717) is 6.54 Å². The molecule has 0 aliphatic carbocycles. The summed E-state index contributed by atoms with van der Waals surface area (Å²) < 4.78 is 2.31. The summed E-state index contributed by atoms with van der Waals surface area (Å²) in [4.78, 5) is 26.3. The van der Waals surface area contributed by atoms with Gasteiger partial charge in [-0.15, -0.1) is 0 Å². The van der Waals surface area contributed by atoms with Gasteiger partial charge in [-0.25, -0.2) is 4.79 Å². The van der Waals surface area contributed by atoms with Crippen molar-refractivity contribution in [3.05, 3.63) is 68.1 Å².